The van der Waals surface area contributed by atoms with Crippen molar-refractivity contribution in [2.45, 2.75) is 52.0 Å². The van der Waals surface area contributed by atoms with Crippen LogP contribution in [-0.4, -0.2) is 65.2 Å². The molecule has 0 spiro atoms. The summed E-state index contributed by atoms with van der Waals surface area (Å²) in [7, 11) is 1.72. The molecule has 1 aliphatic rings. The third-order valence-electron chi connectivity index (χ3n) is 5.51. The molecule has 1 fully saturated rings. The average molecular weight is 414 g/mol. The molecule has 30 heavy (non-hydrogen) atoms. The van der Waals surface area contributed by atoms with Crippen molar-refractivity contribution in [1.82, 2.24) is 25.2 Å². The number of carbonyl (C=O) groups excluding carboxylic acids is 1. The second-order valence-electron chi connectivity index (χ2n) is 8.43. The van der Waals surface area contributed by atoms with E-state index in [1.807, 2.05) is 39.9 Å². The van der Waals surface area contributed by atoms with Crippen LogP contribution in [0.15, 0.2) is 30.3 Å². The molecule has 164 valence electrons. The number of ether oxygens (including phenoxy) is 1. The van der Waals surface area contributed by atoms with Gasteiger partial charge in [0.25, 0.3) is 5.91 Å². The van der Waals surface area contributed by atoms with Crippen molar-refractivity contribution in [2.24, 2.45) is 5.92 Å². The first-order valence-electron chi connectivity index (χ1n) is 11.1. The SMILES string of the molecule is COCCCCc1c(C(=O)N(CC(C)C)[C@H]2CCCNC2)nnn1-c1ccccc1. The van der Waals surface area contributed by atoms with Crippen LogP contribution in [0.5, 0.6) is 0 Å². The molecule has 0 saturated carbocycles. The lowest BCUT2D eigenvalue weighted by molar-refractivity contribution is 0.0613. The molecule has 0 radical (unpaired) electrons. The topological polar surface area (TPSA) is 72.3 Å². The van der Waals surface area contributed by atoms with Crippen molar-refractivity contribution in [3.8, 4) is 5.69 Å². The number of hydrogen-bond acceptors (Lipinski definition) is 5. The van der Waals surface area contributed by atoms with Crippen LogP contribution in [0.25, 0.3) is 5.69 Å². The number of carbonyl (C=O) groups is 1. The van der Waals surface area contributed by atoms with Gasteiger partial charge in [-0.25, -0.2) is 4.68 Å². The summed E-state index contributed by atoms with van der Waals surface area (Å²) >= 11 is 0. The van der Waals surface area contributed by atoms with E-state index in [4.69, 9.17) is 4.74 Å². The summed E-state index contributed by atoms with van der Waals surface area (Å²) in [5.74, 6) is 0.395. The number of rotatable bonds is 10. The van der Waals surface area contributed by atoms with E-state index in [0.717, 1.165) is 63.1 Å². The second kappa shape index (κ2) is 11.2. The minimum atomic E-state index is 0.00122. The van der Waals surface area contributed by atoms with E-state index in [0.29, 0.717) is 18.2 Å². The highest BCUT2D eigenvalue weighted by molar-refractivity contribution is 5.93. The number of unbranched alkanes of at least 4 members (excludes halogenated alkanes) is 1. The van der Waals surface area contributed by atoms with E-state index in [1.165, 1.54) is 0 Å². The van der Waals surface area contributed by atoms with Crippen molar-refractivity contribution in [2.75, 3.05) is 33.4 Å². The van der Waals surface area contributed by atoms with Gasteiger partial charge in [-0.3, -0.25) is 4.79 Å². The number of hydrogen-bond donors (Lipinski definition) is 1. The predicted molar refractivity (Wildman–Crippen MR) is 118 cm³/mol. The Bertz CT molecular complexity index is 784. The van der Waals surface area contributed by atoms with Crippen LogP contribution in [0.2, 0.25) is 0 Å². The van der Waals surface area contributed by atoms with Gasteiger partial charge in [0.15, 0.2) is 5.69 Å². The van der Waals surface area contributed by atoms with Gasteiger partial charge in [0.2, 0.25) is 0 Å². The zero-order valence-corrected chi connectivity index (χ0v) is 18.5. The van der Waals surface area contributed by atoms with Crippen molar-refractivity contribution in [1.29, 1.82) is 0 Å². The lowest BCUT2D eigenvalue weighted by Crippen LogP contribution is -2.50. The molecule has 0 aliphatic carbocycles. The molecule has 1 amide bonds. The molecular formula is C23H35N5O2. The maximum Gasteiger partial charge on any atom is 0.276 e. The summed E-state index contributed by atoms with van der Waals surface area (Å²) in [6.07, 6.45) is 4.72. The Balaban J connectivity index is 1.91. The first kappa shape index (κ1) is 22.4. The molecule has 1 aromatic heterocycles. The summed E-state index contributed by atoms with van der Waals surface area (Å²) in [6.45, 7) is 7.62. The summed E-state index contributed by atoms with van der Waals surface area (Å²) in [5, 5.41) is 12.2. The number of aromatic nitrogens is 3. The second-order valence-corrected chi connectivity index (χ2v) is 8.43. The molecule has 1 N–H and O–H groups in total. The van der Waals surface area contributed by atoms with E-state index in [2.05, 4.69) is 29.5 Å². The lowest BCUT2D eigenvalue weighted by atomic mass is 10.0. The van der Waals surface area contributed by atoms with Crippen molar-refractivity contribution in [3.05, 3.63) is 41.7 Å². The van der Waals surface area contributed by atoms with Crippen LogP contribution in [-0.2, 0) is 11.2 Å². The van der Waals surface area contributed by atoms with Gasteiger partial charge in [0.05, 0.1) is 11.4 Å². The van der Waals surface area contributed by atoms with E-state index in [1.54, 1.807) is 7.11 Å². The lowest BCUT2D eigenvalue weighted by Gasteiger charge is -2.35. The van der Waals surface area contributed by atoms with Crippen molar-refractivity contribution < 1.29 is 9.53 Å². The largest absolute Gasteiger partial charge is 0.385 e. The van der Waals surface area contributed by atoms with Gasteiger partial charge in [-0.2, -0.15) is 0 Å². The fraction of sp³-hybridized carbons (Fsp3) is 0.609. The fourth-order valence-corrected chi connectivity index (χ4v) is 4.03. The van der Waals surface area contributed by atoms with Gasteiger partial charge < -0.3 is 15.0 Å². The number of amides is 1. The first-order valence-corrected chi connectivity index (χ1v) is 11.1. The molecule has 1 atom stereocenters. The molecule has 0 unspecified atom stereocenters. The van der Waals surface area contributed by atoms with E-state index in [-0.39, 0.29) is 11.9 Å². The molecule has 2 aromatic rings. The summed E-state index contributed by atoms with van der Waals surface area (Å²) in [6, 6.07) is 10.1. The minimum Gasteiger partial charge on any atom is -0.385 e. The van der Waals surface area contributed by atoms with Crippen molar-refractivity contribution >= 4 is 5.91 Å². The standard InChI is InChI=1S/C23H35N5O2/c1-18(2)17-27(20-12-9-14-24-16-20)23(29)22-21(13-7-8-15-30-3)28(26-25-22)19-10-5-4-6-11-19/h4-6,10-11,18,20,24H,7-9,12-17H2,1-3H3/t20-/m0/s1. The van der Waals surface area contributed by atoms with E-state index in [9.17, 15) is 4.79 Å². The van der Waals surface area contributed by atoms with Gasteiger partial charge in [-0.15, -0.1) is 5.10 Å². The highest BCUT2D eigenvalue weighted by atomic mass is 16.5. The molecule has 7 nitrogen and oxygen atoms in total. The zero-order chi connectivity index (χ0) is 21.3. The Hall–Kier alpha value is -2.25. The van der Waals surface area contributed by atoms with E-state index >= 15 is 0 Å². The summed E-state index contributed by atoms with van der Waals surface area (Å²) in [5.41, 5.74) is 2.31. The molecule has 0 bridgehead atoms. The number of nitrogens with zero attached hydrogens (tertiary/aromatic N) is 4. The van der Waals surface area contributed by atoms with Crippen LogP contribution < -0.4 is 5.32 Å². The number of piperidine rings is 1. The van der Waals surface area contributed by atoms with Gasteiger partial charge in [0, 0.05) is 32.8 Å². The van der Waals surface area contributed by atoms with Crippen LogP contribution >= 0.6 is 0 Å². The Morgan fingerprint density at radius 1 is 1.30 bits per heavy atom. The Morgan fingerprint density at radius 3 is 2.77 bits per heavy atom. The molecular weight excluding hydrogens is 378 g/mol. The van der Waals surface area contributed by atoms with E-state index < -0.39 is 0 Å². The maximum atomic E-state index is 13.7. The van der Waals surface area contributed by atoms with Gasteiger partial charge in [0.1, 0.15) is 0 Å². The van der Waals surface area contributed by atoms with Gasteiger partial charge in [-0.1, -0.05) is 37.3 Å². The third kappa shape index (κ3) is 5.67. The predicted octanol–water partition coefficient (Wildman–Crippen LogP) is 3.09. The molecule has 3 rings (SSSR count). The highest BCUT2D eigenvalue weighted by Crippen LogP contribution is 2.21. The van der Waals surface area contributed by atoms with Gasteiger partial charge in [-0.05, 0) is 56.7 Å². The number of para-hydroxylation sites is 1. The Labute approximate surface area is 179 Å². The number of benzene rings is 1. The van der Waals surface area contributed by atoms with Crippen LogP contribution in [0.4, 0.5) is 0 Å². The minimum absolute atomic E-state index is 0.00122. The van der Waals surface area contributed by atoms with Gasteiger partial charge >= 0.3 is 0 Å². The average Bonchev–Trinajstić information content (AvgIpc) is 3.19. The zero-order valence-electron chi connectivity index (χ0n) is 18.5. The van der Waals surface area contributed by atoms with Crippen LogP contribution in [0, 0.1) is 5.92 Å². The normalized spacial score (nSPS) is 16.7. The first-order chi connectivity index (χ1) is 14.6. The molecule has 1 aliphatic heterocycles. The molecule has 2 heterocycles. The molecule has 1 saturated heterocycles. The van der Waals surface area contributed by atoms with Crippen LogP contribution in [0.1, 0.15) is 55.7 Å². The van der Waals surface area contributed by atoms with Crippen LogP contribution in [0.3, 0.4) is 0 Å². The smallest absolute Gasteiger partial charge is 0.276 e. The summed E-state index contributed by atoms with van der Waals surface area (Å²) in [4.78, 5) is 15.7. The fourth-order valence-electron chi connectivity index (χ4n) is 4.03. The quantitative estimate of drug-likeness (QED) is 0.606. The monoisotopic (exact) mass is 413 g/mol. The molecule has 7 heteroatoms. The Morgan fingerprint density at radius 2 is 2.10 bits per heavy atom. The summed E-state index contributed by atoms with van der Waals surface area (Å²) < 4.78 is 7.02. The maximum absolute atomic E-state index is 13.7. The number of nitrogens with one attached hydrogen (secondary N) is 1. The molecule has 1 aromatic carbocycles. The number of methoxy groups -OCH3 is 1. The third-order valence-corrected chi connectivity index (χ3v) is 5.51. The van der Waals surface area contributed by atoms with Crippen molar-refractivity contribution in [3.63, 3.8) is 0 Å². The highest BCUT2D eigenvalue weighted by Gasteiger charge is 2.31. The Kier molecular flexibility index (Phi) is 8.39.